The van der Waals surface area contributed by atoms with Gasteiger partial charge in [-0.05, 0) is 42.2 Å². The van der Waals surface area contributed by atoms with Crippen molar-refractivity contribution < 1.29 is 13.2 Å². The topological polar surface area (TPSA) is 38.0 Å². The SMILES string of the molecule is NNC(Cc1ccc(F)c(Cl)c1)Cc1cccc(F)c1F. The lowest BCUT2D eigenvalue weighted by atomic mass is 9.99. The third-order valence-corrected chi connectivity index (χ3v) is 3.49. The van der Waals surface area contributed by atoms with Crippen molar-refractivity contribution in [2.24, 2.45) is 5.84 Å². The molecule has 1 atom stereocenters. The van der Waals surface area contributed by atoms with E-state index in [4.69, 9.17) is 17.4 Å². The number of nitrogens with two attached hydrogens (primary N) is 1. The highest BCUT2D eigenvalue weighted by atomic mass is 35.5. The van der Waals surface area contributed by atoms with Gasteiger partial charge >= 0.3 is 0 Å². The second kappa shape index (κ2) is 6.93. The summed E-state index contributed by atoms with van der Waals surface area (Å²) in [5, 5.41) is 0.0141. The molecule has 0 amide bonds. The molecule has 2 rings (SSSR count). The van der Waals surface area contributed by atoms with Gasteiger partial charge in [0.15, 0.2) is 11.6 Å². The van der Waals surface area contributed by atoms with E-state index in [9.17, 15) is 13.2 Å². The molecule has 2 aromatic carbocycles. The van der Waals surface area contributed by atoms with Crippen molar-refractivity contribution in [2.45, 2.75) is 18.9 Å². The zero-order valence-electron chi connectivity index (χ0n) is 11.0. The van der Waals surface area contributed by atoms with Crippen molar-refractivity contribution >= 4 is 11.6 Å². The van der Waals surface area contributed by atoms with E-state index in [1.165, 1.54) is 24.3 Å². The summed E-state index contributed by atoms with van der Waals surface area (Å²) >= 11 is 5.71. The molecule has 0 saturated heterocycles. The zero-order valence-corrected chi connectivity index (χ0v) is 11.8. The molecule has 2 nitrogen and oxygen atoms in total. The summed E-state index contributed by atoms with van der Waals surface area (Å²) in [6, 6.07) is 7.99. The Balaban J connectivity index is 2.13. The van der Waals surface area contributed by atoms with Crippen molar-refractivity contribution in [1.82, 2.24) is 5.43 Å². The van der Waals surface area contributed by atoms with Gasteiger partial charge in [-0.3, -0.25) is 11.3 Å². The molecular weight excluding hydrogens is 301 g/mol. The van der Waals surface area contributed by atoms with E-state index >= 15 is 0 Å². The van der Waals surface area contributed by atoms with Gasteiger partial charge < -0.3 is 0 Å². The Morgan fingerprint density at radius 2 is 1.81 bits per heavy atom. The average Bonchev–Trinajstić information content (AvgIpc) is 2.47. The maximum atomic E-state index is 13.6. The number of hydrogen-bond donors (Lipinski definition) is 2. The highest BCUT2D eigenvalue weighted by Crippen LogP contribution is 2.19. The molecule has 0 radical (unpaired) electrons. The zero-order chi connectivity index (χ0) is 15.4. The number of halogens is 4. The molecule has 0 aromatic heterocycles. The van der Waals surface area contributed by atoms with E-state index in [2.05, 4.69) is 5.43 Å². The second-order valence-corrected chi connectivity index (χ2v) is 5.14. The summed E-state index contributed by atoms with van der Waals surface area (Å²) in [6.45, 7) is 0. The summed E-state index contributed by atoms with van der Waals surface area (Å²) in [5.74, 6) is 3.17. The number of rotatable bonds is 5. The first-order valence-corrected chi connectivity index (χ1v) is 6.72. The molecule has 0 bridgehead atoms. The summed E-state index contributed by atoms with van der Waals surface area (Å²) in [4.78, 5) is 0. The monoisotopic (exact) mass is 314 g/mol. The van der Waals surface area contributed by atoms with Crippen molar-refractivity contribution in [1.29, 1.82) is 0 Å². The average molecular weight is 315 g/mol. The van der Waals surface area contributed by atoms with Crippen LogP contribution < -0.4 is 11.3 Å². The molecule has 112 valence electrons. The fourth-order valence-corrected chi connectivity index (χ4v) is 2.32. The van der Waals surface area contributed by atoms with Crippen LogP contribution >= 0.6 is 11.6 Å². The number of benzene rings is 2. The molecule has 0 heterocycles. The second-order valence-electron chi connectivity index (χ2n) is 4.73. The summed E-state index contributed by atoms with van der Waals surface area (Å²) in [7, 11) is 0. The molecule has 1 unspecified atom stereocenters. The molecule has 0 aliphatic carbocycles. The quantitative estimate of drug-likeness (QED) is 0.656. The van der Waals surface area contributed by atoms with Crippen molar-refractivity contribution in [2.75, 3.05) is 0 Å². The van der Waals surface area contributed by atoms with Gasteiger partial charge in [0.1, 0.15) is 5.82 Å². The van der Waals surface area contributed by atoms with E-state index in [0.29, 0.717) is 6.42 Å². The standard InChI is InChI=1S/C15H14ClF3N2/c16-12-7-9(4-5-13(12)17)6-11(21-20)8-10-2-1-3-14(18)15(10)19/h1-5,7,11,21H,6,8,20H2. The first kappa shape index (κ1) is 15.8. The van der Waals surface area contributed by atoms with Crippen LogP contribution in [0.1, 0.15) is 11.1 Å². The fourth-order valence-electron chi connectivity index (χ4n) is 2.11. The van der Waals surface area contributed by atoms with Gasteiger partial charge in [-0.15, -0.1) is 0 Å². The van der Waals surface area contributed by atoms with Crippen LogP contribution in [0.25, 0.3) is 0 Å². The fraction of sp³-hybridized carbons (Fsp3) is 0.200. The highest BCUT2D eigenvalue weighted by molar-refractivity contribution is 6.30. The number of hydrogen-bond acceptors (Lipinski definition) is 2. The van der Waals surface area contributed by atoms with Crippen LogP contribution in [0, 0.1) is 17.5 Å². The summed E-state index contributed by atoms with van der Waals surface area (Å²) < 4.78 is 39.9. The predicted molar refractivity (Wildman–Crippen MR) is 76.3 cm³/mol. The minimum absolute atomic E-state index is 0.0141. The minimum Gasteiger partial charge on any atom is -0.271 e. The lowest BCUT2D eigenvalue weighted by molar-refractivity contribution is 0.474. The van der Waals surface area contributed by atoms with Crippen LogP contribution in [0.4, 0.5) is 13.2 Å². The molecule has 0 aliphatic rings. The van der Waals surface area contributed by atoms with Gasteiger partial charge in [0.2, 0.25) is 0 Å². The molecule has 0 fully saturated rings. The van der Waals surface area contributed by atoms with E-state index in [1.807, 2.05) is 0 Å². The first-order chi connectivity index (χ1) is 10.0. The summed E-state index contributed by atoms with van der Waals surface area (Å²) in [5.41, 5.74) is 3.53. The van der Waals surface area contributed by atoms with Crippen molar-refractivity contribution in [3.63, 3.8) is 0 Å². The number of hydrazine groups is 1. The Hall–Kier alpha value is -1.56. The van der Waals surface area contributed by atoms with Gasteiger partial charge in [0, 0.05) is 6.04 Å². The Labute approximate surface area is 125 Å². The molecule has 3 N–H and O–H groups in total. The third-order valence-electron chi connectivity index (χ3n) is 3.20. The lowest BCUT2D eigenvalue weighted by Crippen LogP contribution is -2.38. The van der Waals surface area contributed by atoms with Crippen molar-refractivity contribution in [3.8, 4) is 0 Å². The van der Waals surface area contributed by atoms with Gasteiger partial charge in [0.05, 0.1) is 5.02 Å². The largest absolute Gasteiger partial charge is 0.271 e. The number of nitrogens with one attached hydrogen (secondary N) is 1. The molecule has 0 spiro atoms. The Bertz CT molecular complexity index is 634. The normalized spacial score (nSPS) is 12.4. The maximum absolute atomic E-state index is 13.6. The maximum Gasteiger partial charge on any atom is 0.162 e. The van der Waals surface area contributed by atoms with E-state index < -0.39 is 17.5 Å². The van der Waals surface area contributed by atoms with Crippen LogP contribution in [-0.2, 0) is 12.8 Å². The lowest BCUT2D eigenvalue weighted by Gasteiger charge is -2.17. The van der Waals surface area contributed by atoms with Crippen LogP contribution in [0.3, 0.4) is 0 Å². The summed E-state index contributed by atoms with van der Waals surface area (Å²) in [6.07, 6.45) is 0.613. The smallest absolute Gasteiger partial charge is 0.162 e. The Morgan fingerprint density at radius 3 is 2.48 bits per heavy atom. The van der Waals surface area contributed by atoms with E-state index in [-0.39, 0.29) is 23.0 Å². The van der Waals surface area contributed by atoms with Crippen LogP contribution in [0.2, 0.25) is 5.02 Å². The van der Waals surface area contributed by atoms with Gasteiger partial charge in [-0.2, -0.15) is 0 Å². The Morgan fingerprint density at radius 1 is 1.05 bits per heavy atom. The van der Waals surface area contributed by atoms with Crippen LogP contribution in [0.5, 0.6) is 0 Å². The van der Waals surface area contributed by atoms with Crippen LogP contribution in [-0.4, -0.2) is 6.04 Å². The molecule has 6 heteroatoms. The van der Waals surface area contributed by atoms with Gasteiger partial charge in [0.25, 0.3) is 0 Å². The van der Waals surface area contributed by atoms with Gasteiger partial charge in [-0.1, -0.05) is 29.8 Å². The Kier molecular flexibility index (Phi) is 5.22. The molecule has 0 saturated carbocycles. The third kappa shape index (κ3) is 3.97. The van der Waals surface area contributed by atoms with Crippen molar-refractivity contribution in [3.05, 3.63) is 70.0 Å². The molecular formula is C15H14ClF3N2. The molecule has 21 heavy (non-hydrogen) atoms. The minimum atomic E-state index is -0.895. The predicted octanol–water partition coefficient (Wildman–Crippen LogP) is 3.37. The van der Waals surface area contributed by atoms with Gasteiger partial charge in [-0.25, -0.2) is 13.2 Å². The molecule has 0 aliphatic heterocycles. The highest BCUT2D eigenvalue weighted by Gasteiger charge is 2.14. The first-order valence-electron chi connectivity index (χ1n) is 6.34. The van der Waals surface area contributed by atoms with E-state index in [1.54, 1.807) is 6.07 Å². The van der Waals surface area contributed by atoms with E-state index in [0.717, 1.165) is 11.6 Å². The van der Waals surface area contributed by atoms with Crippen LogP contribution in [0.15, 0.2) is 36.4 Å². The molecule has 2 aromatic rings.